The summed E-state index contributed by atoms with van der Waals surface area (Å²) in [5.74, 6) is -1.02. The number of H-pyrrole nitrogens is 1. The number of nitrogens with one attached hydrogen (secondary N) is 3. The second-order valence-corrected chi connectivity index (χ2v) is 7.79. The van der Waals surface area contributed by atoms with Crippen molar-refractivity contribution in [3.05, 3.63) is 94.0 Å². The number of rotatable bonds is 4. The molecule has 3 heterocycles. The van der Waals surface area contributed by atoms with Crippen molar-refractivity contribution in [2.45, 2.75) is 0 Å². The van der Waals surface area contributed by atoms with Crippen molar-refractivity contribution in [3.63, 3.8) is 0 Å². The first-order valence-corrected chi connectivity index (χ1v) is 10.6. The first-order valence-electron chi connectivity index (χ1n) is 9.76. The minimum Gasteiger partial charge on any atom is -0.267 e. The number of hydrogen-bond donors (Lipinski definition) is 3. The minimum atomic E-state index is -0.704. The van der Waals surface area contributed by atoms with Crippen molar-refractivity contribution >= 4 is 33.9 Å². The predicted octanol–water partition coefficient (Wildman–Crippen LogP) is 2.31. The molecular weight excluding hydrogens is 442 g/mol. The first kappa shape index (κ1) is 20.3. The summed E-state index contributed by atoms with van der Waals surface area (Å²) in [4.78, 5) is 42.5. The van der Waals surface area contributed by atoms with Crippen molar-refractivity contribution in [1.29, 1.82) is 0 Å². The lowest BCUT2D eigenvalue weighted by molar-refractivity contribution is 0.0838. The smallest absolute Gasteiger partial charge is 0.267 e. The molecule has 11 heteroatoms. The van der Waals surface area contributed by atoms with Gasteiger partial charge in [0.2, 0.25) is 5.82 Å². The van der Waals surface area contributed by atoms with Gasteiger partial charge in [-0.1, -0.05) is 42.5 Å². The van der Waals surface area contributed by atoms with E-state index in [1.165, 1.54) is 11.3 Å². The molecule has 0 fully saturated rings. The zero-order valence-corrected chi connectivity index (χ0v) is 17.7. The number of aromatic amines is 1. The summed E-state index contributed by atoms with van der Waals surface area (Å²) in [6.07, 6.45) is 0. The Kier molecular flexibility index (Phi) is 5.21. The molecule has 162 valence electrons. The number of para-hydroxylation sites is 1. The lowest BCUT2D eigenvalue weighted by atomic mass is 10.1. The van der Waals surface area contributed by atoms with Crippen LogP contribution in [-0.4, -0.2) is 36.8 Å². The van der Waals surface area contributed by atoms with Gasteiger partial charge in [-0.15, -0.1) is 16.4 Å². The second kappa shape index (κ2) is 8.48. The van der Waals surface area contributed by atoms with Crippen molar-refractivity contribution in [2.75, 3.05) is 0 Å². The zero-order valence-electron chi connectivity index (χ0n) is 16.9. The minimum absolute atomic E-state index is 0.0347. The van der Waals surface area contributed by atoms with Gasteiger partial charge in [0.05, 0.1) is 16.0 Å². The molecule has 0 spiro atoms. The van der Waals surface area contributed by atoms with Gasteiger partial charge < -0.3 is 0 Å². The topological polar surface area (TPSA) is 135 Å². The highest BCUT2D eigenvalue weighted by Crippen LogP contribution is 2.25. The summed E-state index contributed by atoms with van der Waals surface area (Å²) in [5.41, 5.74) is 4.90. The molecule has 2 amide bonds. The van der Waals surface area contributed by atoms with Gasteiger partial charge in [-0.05, 0) is 29.6 Å². The van der Waals surface area contributed by atoms with E-state index in [0.29, 0.717) is 16.6 Å². The number of carbonyl (C=O) groups excluding carboxylic acids is 2. The van der Waals surface area contributed by atoms with E-state index in [1.54, 1.807) is 28.9 Å². The Morgan fingerprint density at radius 2 is 1.61 bits per heavy atom. The van der Waals surface area contributed by atoms with Gasteiger partial charge >= 0.3 is 5.91 Å². The maximum Gasteiger partial charge on any atom is 0.309 e. The number of hydrogen-bond acceptors (Lipinski definition) is 7. The highest BCUT2D eigenvalue weighted by molar-refractivity contribution is 7.13. The van der Waals surface area contributed by atoms with Crippen LogP contribution in [0.5, 0.6) is 0 Å². The molecule has 0 saturated carbocycles. The van der Waals surface area contributed by atoms with E-state index in [4.69, 9.17) is 0 Å². The van der Waals surface area contributed by atoms with Crippen LogP contribution in [0.15, 0.2) is 76.9 Å². The molecule has 0 aliphatic rings. The maximum atomic E-state index is 12.7. The van der Waals surface area contributed by atoms with Crippen LogP contribution in [0.1, 0.15) is 21.1 Å². The van der Waals surface area contributed by atoms with E-state index in [-0.39, 0.29) is 11.5 Å². The molecule has 0 unspecified atom stereocenters. The van der Waals surface area contributed by atoms with Crippen molar-refractivity contribution in [3.8, 4) is 16.4 Å². The molecule has 10 nitrogen and oxygen atoms in total. The van der Waals surface area contributed by atoms with E-state index in [0.717, 1.165) is 10.6 Å². The quantitative estimate of drug-likeness (QED) is 0.355. The maximum absolute atomic E-state index is 12.7. The summed E-state index contributed by atoms with van der Waals surface area (Å²) < 4.78 is 1.57. The van der Waals surface area contributed by atoms with Gasteiger partial charge in [-0.25, -0.2) is 14.8 Å². The predicted molar refractivity (Wildman–Crippen MR) is 122 cm³/mol. The fraction of sp³-hybridized carbons (Fsp3) is 0. The van der Waals surface area contributed by atoms with E-state index in [2.05, 4.69) is 31.1 Å². The van der Waals surface area contributed by atoms with Crippen LogP contribution < -0.4 is 16.4 Å². The Labute approximate surface area is 189 Å². The van der Waals surface area contributed by atoms with Crippen LogP contribution in [-0.2, 0) is 0 Å². The number of benzene rings is 2. The Hall–Kier alpha value is -4.64. The molecule has 0 bridgehead atoms. The van der Waals surface area contributed by atoms with Crippen LogP contribution >= 0.6 is 11.3 Å². The fourth-order valence-electron chi connectivity index (χ4n) is 3.24. The number of thiophene rings is 1. The molecule has 3 aromatic heterocycles. The monoisotopic (exact) mass is 457 g/mol. The van der Waals surface area contributed by atoms with Crippen LogP contribution in [0.3, 0.4) is 0 Å². The van der Waals surface area contributed by atoms with Crippen LogP contribution in [0, 0.1) is 0 Å². The zero-order chi connectivity index (χ0) is 22.8. The molecule has 2 aromatic carbocycles. The standard InChI is InChI=1S/C22H15N7O3S/c30-20-15-10-5-4-9-14(15)17(24-25-20)21(31)26-27-22(32)18-23-19(16-11-6-12-33-16)29(28-18)13-7-2-1-3-8-13/h1-12H,(H,25,30)(H,26,31)(H,27,32). The fourth-order valence-corrected chi connectivity index (χ4v) is 3.94. The van der Waals surface area contributed by atoms with Gasteiger partial charge in [0.1, 0.15) is 0 Å². The third-order valence-corrected chi connectivity index (χ3v) is 5.62. The van der Waals surface area contributed by atoms with E-state index >= 15 is 0 Å². The average Bonchev–Trinajstić information content (AvgIpc) is 3.53. The molecule has 5 rings (SSSR count). The highest BCUT2D eigenvalue weighted by atomic mass is 32.1. The summed E-state index contributed by atoms with van der Waals surface area (Å²) >= 11 is 1.47. The molecular formula is C22H15N7O3S. The second-order valence-electron chi connectivity index (χ2n) is 6.84. The molecule has 33 heavy (non-hydrogen) atoms. The van der Waals surface area contributed by atoms with Crippen molar-refractivity contribution < 1.29 is 9.59 Å². The Morgan fingerprint density at radius 1 is 0.879 bits per heavy atom. The Morgan fingerprint density at radius 3 is 2.36 bits per heavy atom. The largest absolute Gasteiger partial charge is 0.309 e. The molecule has 3 N–H and O–H groups in total. The third kappa shape index (κ3) is 3.88. The number of aromatic nitrogens is 5. The summed E-state index contributed by atoms with van der Waals surface area (Å²) in [6, 6.07) is 19.6. The average molecular weight is 457 g/mol. The van der Waals surface area contributed by atoms with Gasteiger partial charge in [0, 0.05) is 5.39 Å². The summed E-state index contributed by atoms with van der Waals surface area (Å²) in [6.45, 7) is 0. The van der Waals surface area contributed by atoms with E-state index in [9.17, 15) is 14.4 Å². The lowest BCUT2D eigenvalue weighted by Crippen LogP contribution is -2.42. The summed E-state index contributed by atoms with van der Waals surface area (Å²) in [7, 11) is 0. The van der Waals surface area contributed by atoms with Crippen LogP contribution in [0.2, 0.25) is 0 Å². The van der Waals surface area contributed by atoms with Gasteiger partial charge in [0.25, 0.3) is 11.5 Å². The van der Waals surface area contributed by atoms with Gasteiger partial charge in [-0.3, -0.25) is 25.2 Å². The van der Waals surface area contributed by atoms with Crippen molar-refractivity contribution in [2.24, 2.45) is 0 Å². The Bertz CT molecular complexity index is 1520. The number of nitrogens with zero attached hydrogens (tertiary/aromatic N) is 4. The Balaban J connectivity index is 1.40. The number of hydrazine groups is 1. The van der Waals surface area contributed by atoms with E-state index in [1.807, 2.05) is 47.8 Å². The first-order chi connectivity index (χ1) is 16.1. The molecule has 0 atom stereocenters. The van der Waals surface area contributed by atoms with Crippen LogP contribution in [0.25, 0.3) is 27.2 Å². The van der Waals surface area contributed by atoms with Crippen LogP contribution in [0.4, 0.5) is 0 Å². The highest BCUT2D eigenvalue weighted by Gasteiger charge is 2.21. The van der Waals surface area contributed by atoms with E-state index < -0.39 is 17.4 Å². The molecule has 0 aliphatic carbocycles. The number of carbonyl (C=O) groups is 2. The molecule has 0 radical (unpaired) electrons. The number of fused-ring (bicyclic) bond motifs is 1. The molecule has 0 saturated heterocycles. The summed E-state index contributed by atoms with van der Waals surface area (Å²) in [5, 5.41) is 13.0. The van der Waals surface area contributed by atoms with Gasteiger partial charge in [-0.2, -0.15) is 5.10 Å². The van der Waals surface area contributed by atoms with Gasteiger partial charge in [0.15, 0.2) is 11.5 Å². The third-order valence-electron chi connectivity index (χ3n) is 4.75. The number of amides is 2. The SMILES string of the molecule is O=C(NNC(=O)c1n[nH]c(=O)c2ccccc12)c1nc(-c2cccs2)n(-c2ccccc2)n1. The molecule has 0 aliphatic heterocycles. The molecule has 5 aromatic rings. The normalized spacial score (nSPS) is 10.8. The van der Waals surface area contributed by atoms with Crippen molar-refractivity contribution in [1.82, 2.24) is 35.8 Å². The lowest BCUT2D eigenvalue weighted by Gasteiger charge is -2.07.